The van der Waals surface area contributed by atoms with Crippen molar-refractivity contribution in [2.75, 3.05) is 32.1 Å². The summed E-state index contributed by atoms with van der Waals surface area (Å²) in [7, 11) is 4.24. The van der Waals surface area contributed by atoms with Crippen LogP contribution in [0.5, 0.6) is 0 Å². The Labute approximate surface area is 117 Å². The summed E-state index contributed by atoms with van der Waals surface area (Å²) in [6.07, 6.45) is 2.22. The molecule has 0 unspecified atom stereocenters. The summed E-state index contributed by atoms with van der Waals surface area (Å²) in [4.78, 5) is 4.43. The van der Waals surface area contributed by atoms with Crippen LogP contribution in [0.25, 0.3) is 0 Å². The number of benzene rings is 1. The molecule has 19 heavy (non-hydrogen) atoms. The molecule has 1 aliphatic heterocycles. The topological polar surface area (TPSA) is 6.48 Å². The van der Waals surface area contributed by atoms with Gasteiger partial charge in [-0.05, 0) is 51.6 Å². The van der Waals surface area contributed by atoms with Gasteiger partial charge in [-0.1, -0.05) is 19.9 Å². The SMILES string of the molecule is CC.Cc1ccc(N2CCC(N(C)C)CC2)c(F)c1. The Morgan fingerprint density at radius 2 is 1.74 bits per heavy atom. The molecule has 2 rings (SSSR count). The van der Waals surface area contributed by atoms with E-state index in [1.165, 1.54) is 0 Å². The number of piperidine rings is 1. The molecule has 0 spiro atoms. The van der Waals surface area contributed by atoms with Gasteiger partial charge in [0.05, 0.1) is 5.69 Å². The molecule has 2 nitrogen and oxygen atoms in total. The van der Waals surface area contributed by atoms with E-state index in [0.717, 1.165) is 37.2 Å². The van der Waals surface area contributed by atoms with E-state index in [2.05, 4.69) is 23.9 Å². The highest BCUT2D eigenvalue weighted by molar-refractivity contribution is 5.49. The number of anilines is 1. The van der Waals surface area contributed by atoms with Crippen LogP contribution < -0.4 is 4.90 Å². The molecule has 1 heterocycles. The molecule has 0 atom stereocenters. The van der Waals surface area contributed by atoms with Crippen LogP contribution in [0.4, 0.5) is 10.1 Å². The Morgan fingerprint density at radius 1 is 1.16 bits per heavy atom. The third kappa shape index (κ3) is 4.20. The third-order valence-corrected chi connectivity index (χ3v) is 3.64. The second-order valence-electron chi connectivity index (χ2n) is 5.14. The van der Waals surface area contributed by atoms with Crippen molar-refractivity contribution >= 4 is 5.69 Å². The lowest BCUT2D eigenvalue weighted by Crippen LogP contribution is -2.42. The first kappa shape index (κ1) is 16.0. The van der Waals surface area contributed by atoms with Crippen molar-refractivity contribution in [2.24, 2.45) is 0 Å². The quantitative estimate of drug-likeness (QED) is 0.805. The second-order valence-corrected chi connectivity index (χ2v) is 5.14. The Morgan fingerprint density at radius 3 is 2.21 bits per heavy atom. The molecular formula is C16H27FN2. The van der Waals surface area contributed by atoms with Crippen molar-refractivity contribution in [2.45, 2.75) is 39.7 Å². The lowest BCUT2D eigenvalue weighted by Gasteiger charge is -2.36. The van der Waals surface area contributed by atoms with Crippen LogP contribution in [0.1, 0.15) is 32.3 Å². The molecular weight excluding hydrogens is 239 g/mol. The van der Waals surface area contributed by atoms with Crippen LogP contribution in [0, 0.1) is 12.7 Å². The van der Waals surface area contributed by atoms with Crippen LogP contribution in [0.15, 0.2) is 18.2 Å². The average molecular weight is 266 g/mol. The first-order chi connectivity index (χ1) is 9.08. The highest BCUT2D eigenvalue weighted by atomic mass is 19.1. The number of nitrogens with zero attached hydrogens (tertiary/aromatic N) is 2. The van der Waals surface area contributed by atoms with Crippen LogP contribution in [-0.4, -0.2) is 38.1 Å². The van der Waals surface area contributed by atoms with E-state index >= 15 is 0 Å². The predicted molar refractivity (Wildman–Crippen MR) is 81.4 cm³/mol. The average Bonchev–Trinajstić information content (AvgIpc) is 2.41. The molecule has 1 aliphatic rings. The second kappa shape index (κ2) is 7.49. The van der Waals surface area contributed by atoms with Gasteiger partial charge in [0.2, 0.25) is 0 Å². The monoisotopic (exact) mass is 266 g/mol. The standard InChI is InChI=1S/C14H21FN2.C2H6/c1-11-4-5-14(13(15)10-11)17-8-6-12(7-9-17)16(2)3;1-2/h4-5,10,12H,6-9H2,1-3H3;1-2H3. The smallest absolute Gasteiger partial charge is 0.146 e. The Bertz CT molecular complexity index is 382. The minimum Gasteiger partial charge on any atom is -0.369 e. The van der Waals surface area contributed by atoms with Crippen molar-refractivity contribution in [3.63, 3.8) is 0 Å². The molecule has 0 saturated carbocycles. The molecule has 1 aromatic carbocycles. The van der Waals surface area contributed by atoms with E-state index in [1.54, 1.807) is 6.07 Å². The summed E-state index contributed by atoms with van der Waals surface area (Å²) in [6, 6.07) is 6.14. The first-order valence-electron chi connectivity index (χ1n) is 7.25. The summed E-state index contributed by atoms with van der Waals surface area (Å²) < 4.78 is 13.8. The van der Waals surface area contributed by atoms with Gasteiger partial charge in [-0.25, -0.2) is 4.39 Å². The summed E-state index contributed by atoms with van der Waals surface area (Å²) in [6.45, 7) is 7.82. The van der Waals surface area contributed by atoms with Crippen molar-refractivity contribution in [1.82, 2.24) is 4.90 Å². The Kier molecular flexibility index (Phi) is 6.29. The van der Waals surface area contributed by atoms with Gasteiger partial charge in [0, 0.05) is 19.1 Å². The molecule has 1 fully saturated rings. The normalized spacial score (nSPS) is 16.3. The lowest BCUT2D eigenvalue weighted by atomic mass is 10.0. The van der Waals surface area contributed by atoms with Crippen LogP contribution in [0.2, 0.25) is 0 Å². The van der Waals surface area contributed by atoms with E-state index in [1.807, 2.05) is 32.9 Å². The molecule has 108 valence electrons. The maximum atomic E-state index is 13.8. The zero-order chi connectivity index (χ0) is 14.4. The molecule has 0 amide bonds. The van der Waals surface area contributed by atoms with Crippen LogP contribution in [-0.2, 0) is 0 Å². The molecule has 1 aromatic rings. The van der Waals surface area contributed by atoms with E-state index in [0.29, 0.717) is 6.04 Å². The van der Waals surface area contributed by atoms with Crippen molar-refractivity contribution in [3.05, 3.63) is 29.6 Å². The molecule has 3 heteroatoms. The first-order valence-corrected chi connectivity index (χ1v) is 7.25. The highest BCUT2D eigenvalue weighted by Gasteiger charge is 2.22. The summed E-state index contributed by atoms with van der Waals surface area (Å²) in [5, 5.41) is 0. The van der Waals surface area contributed by atoms with Gasteiger partial charge in [0.1, 0.15) is 5.82 Å². The number of halogens is 1. The van der Waals surface area contributed by atoms with Gasteiger partial charge >= 0.3 is 0 Å². The minimum absolute atomic E-state index is 0.0895. The highest BCUT2D eigenvalue weighted by Crippen LogP contribution is 2.25. The summed E-state index contributed by atoms with van der Waals surface area (Å²) in [5.41, 5.74) is 1.74. The third-order valence-electron chi connectivity index (χ3n) is 3.64. The van der Waals surface area contributed by atoms with E-state index in [-0.39, 0.29) is 5.82 Å². The van der Waals surface area contributed by atoms with E-state index in [4.69, 9.17) is 0 Å². The van der Waals surface area contributed by atoms with Crippen LogP contribution in [0.3, 0.4) is 0 Å². The Hall–Kier alpha value is -1.09. The van der Waals surface area contributed by atoms with Crippen molar-refractivity contribution in [3.8, 4) is 0 Å². The largest absolute Gasteiger partial charge is 0.369 e. The van der Waals surface area contributed by atoms with Gasteiger partial charge in [-0.2, -0.15) is 0 Å². The minimum atomic E-state index is -0.0895. The zero-order valence-electron chi connectivity index (χ0n) is 12.9. The number of hydrogen-bond acceptors (Lipinski definition) is 2. The fourth-order valence-corrected chi connectivity index (χ4v) is 2.49. The van der Waals surface area contributed by atoms with E-state index < -0.39 is 0 Å². The molecule has 1 saturated heterocycles. The zero-order valence-corrected chi connectivity index (χ0v) is 12.9. The molecule has 0 N–H and O–H groups in total. The van der Waals surface area contributed by atoms with Crippen molar-refractivity contribution in [1.29, 1.82) is 0 Å². The van der Waals surface area contributed by atoms with Crippen LogP contribution >= 0.6 is 0 Å². The fraction of sp³-hybridized carbons (Fsp3) is 0.625. The van der Waals surface area contributed by atoms with Gasteiger partial charge in [-0.15, -0.1) is 0 Å². The predicted octanol–water partition coefficient (Wildman–Crippen LogP) is 3.69. The summed E-state index contributed by atoms with van der Waals surface area (Å²) >= 11 is 0. The molecule has 0 aromatic heterocycles. The fourth-order valence-electron chi connectivity index (χ4n) is 2.49. The maximum Gasteiger partial charge on any atom is 0.146 e. The Balaban J connectivity index is 0.000000861. The van der Waals surface area contributed by atoms with Gasteiger partial charge in [-0.3, -0.25) is 0 Å². The van der Waals surface area contributed by atoms with Gasteiger partial charge in [0.15, 0.2) is 0 Å². The van der Waals surface area contributed by atoms with Gasteiger partial charge in [0.25, 0.3) is 0 Å². The van der Waals surface area contributed by atoms with E-state index in [9.17, 15) is 4.39 Å². The van der Waals surface area contributed by atoms with Gasteiger partial charge < -0.3 is 9.80 Å². The number of aryl methyl sites for hydroxylation is 1. The van der Waals surface area contributed by atoms with Crippen molar-refractivity contribution < 1.29 is 4.39 Å². The molecule has 0 radical (unpaired) electrons. The molecule has 0 bridgehead atoms. The maximum absolute atomic E-state index is 13.8. The number of hydrogen-bond donors (Lipinski definition) is 0. The number of rotatable bonds is 2. The lowest BCUT2D eigenvalue weighted by molar-refractivity contribution is 0.249. The molecule has 0 aliphatic carbocycles. The summed E-state index contributed by atoms with van der Waals surface area (Å²) in [5.74, 6) is -0.0895.